The molecule has 116 valence electrons. The highest BCUT2D eigenvalue weighted by Crippen LogP contribution is 2.38. The van der Waals surface area contributed by atoms with Crippen LogP contribution in [0.5, 0.6) is 0 Å². The van der Waals surface area contributed by atoms with E-state index in [1.54, 1.807) is 0 Å². The molecular formula is C18H28N2O. The third kappa shape index (κ3) is 2.78. The van der Waals surface area contributed by atoms with E-state index in [-0.39, 0.29) is 0 Å². The maximum atomic E-state index is 5.63. The van der Waals surface area contributed by atoms with Crippen molar-refractivity contribution in [3.05, 3.63) is 24.2 Å². The van der Waals surface area contributed by atoms with Crippen LogP contribution in [0.2, 0.25) is 0 Å². The van der Waals surface area contributed by atoms with Gasteiger partial charge in [-0.25, -0.2) is 0 Å². The molecule has 2 aliphatic heterocycles. The molecule has 3 aliphatic rings. The lowest BCUT2D eigenvalue weighted by Gasteiger charge is -2.49. The van der Waals surface area contributed by atoms with Crippen LogP contribution in [0.4, 0.5) is 0 Å². The molecule has 0 spiro atoms. The van der Waals surface area contributed by atoms with E-state index >= 15 is 0 Å². The average Bonchev–Trinajstić information content (AvgIpc) is 3.19. The van der Waals surface area contributed by atoms with Gasteiger partial charge in [-0.05, 0) is 50.3 Å². The molecule has 0 unspecified atom stereocenters. The van der Waals surface area contributed by atoms with Crippen molar-refractivity contribution in [2.24, 2.45) is 5.92 Å². The summed E-state index contributed by atoms with van der Waals surface area (Å²) in [5.41, 5.74) is 0. The SMILES string of the molecule is c1coc(CN2CCN3CCC[C@@H]3[C@@H]2C2CCCCC2)c1. The van der Waals surface area contributed by atoms with Crippen LogP contribution in [0.25, 0.3) is 0 Å². The van der Waals surface area contributed by atoms with Crippen molar-refractivity contribution < 1.29 is 4.42 Å². The fourth-order valence-electron chi connectivity index (χ4n) is 5.04. The second kappa shape index (κ2) is 6.13. The minimum Gasteiger partial charge on any atom is -0.468 e. The van der Waals surface area contributed by atoms with Crippen molar-refractivity contribution in [2.45, 2.75) is 63.6 Å². The molecule has 3 nitrogen and oxygen atoms in total. The van der Waals surface area contributed by atoms with E-state index in [1.807, 2.05) is 12.3 Å². The van der Waals surface area contributed by atoms with Gasteiger partial charge < -0.3 is 4.42 Å². The summed E-state index contributed by atoms with van der Waals surface area (Å²) in [6.45, 7) is 4.83. The summed E-state index contributed by atoms with van der Waals surface area (Å²) in [6.07, 6.45) is 11.9. The number of furan rings is 1. The normalized spacial score (nSPS) is 32.4. The second-order valence-corrected chi connectivity index (χ2v) is 7.18. The van der Waals surface area contributed by atoms with Gasteiger partial charge in [-0.1, -0.05) is 19.3 Å². The predicted octanol–water partition coefficient (Wildman–Crippen LogP) is 3.51. The van der Waals surface area contributed by atoms with Gasteiger partial charge in [0.25, 0.3) is 0 Å². The Bertz CT molecular complexity index is 438. The first kappa shape index (κ1) is 13.8. The lowest BCUT2D eigenvalue weighted by molar-refractivity contribution is -0.00705. The molecule has 2 atom stereocenters. The highest BCUT2D eigenvalue weighted by Gasteiger charge is 2.43. The van der Waals surface area contributed by atoms with Gasteiger partial charge in [-0.2, -0.15) is 0 Å². The summed E-state index contributed by atoms with van der Waals surface area (Å²) in [5.74, 6) is 2.06. The van der Waals surface area contributed by atoms with E-state index in [4.69, 9.17) is 4.42 Å². The maximum absolute atomic E-state index is 5.63. The van der Waals surface area contributed by atoms with Crippen LogP contribution in [0.15, 0.2) is 22.8 Å². The Kier molecular flexibility index (Phi) is 4.04. The summed E-state index contributed by atoms with van der Waals surface area (Å²) in [7, 11) is 0. The summed E-state index contributed by atoms with van der Waals surface area (Å²) in [5, 5.41) is 0. The third-order valence-electron chi connectivity index (χ3n) is 5.98. The quantitative estimate of drug-likeness (QED) is 0.848. The van der Waals surface area contributed by atoms with Gasteiger partial charge in [0.15, 0.2) is 0 Å². The van der Waals surface area contributed by atoms with Gasteiger partial charge in [0, 0.05) is 25.2 Å². The molecule has 3 heteroatoms. The van der Waals surface area contributed by atoms with Crippen LogP contribution in [0, 0.1) is 5.92 Å². The fraction of sp³-hybridized carbons (Fsp3) is 0.778. The van der Waals surface area contributed by atoms with E-state index in [2.05, 4.69) is 15.9 Å². The highest BCUT2D eigenvalue weighted by molar-refractivity contribution is 5.03. The van der Waals surface area contributed by atoms with Crippen LogP contribution in [-0.4, -0.2) is 41.5 Å². The summed E-state index contributed by atoms with van der Waals surface area (Å²) < 4.78 is 5.63. The summed E-state index contributed by atoms with van der Waals surface area (Å²) in [6, 6.07) is 5.75. The minimum absolute atomic E-state index is 0.770. The zero-order valence-corrected chi connectivity index (χ0v) is 13.0. The molecule has 0 radical (unpaired) electrons. The van der Waals surface area contributed by atoms with Crippen molar-refractivity contribution in [3.8, 4) is 0 Å². The fourth-order valence-corrected chi connectivity index (χ4v) is 5.04. The number of nitrogens with zero attached hydrogens (tertiary/aromatic N) is 2. The molecule has 0 N–H and O–H groups in total. The van der Waals surface area contributed by atoms with Gasteiger partial charge in [0.1, 0.15) is 5.76 Å². The van der Waals surface area contributed by atoms with Crippen LogP contribution in [-0.2, 0) is 6.54 Å². The zero-order chi connectivity index (χ0) is 14.1. The Morgan fingerprint density at radius 3 is 2.71 bits per heavy atom. The lowest BCUT2D eigenvalue weighted by atomic mass is 9.78. The maximum Gasteiger partial charge on any atom is 0.117 e. The summed E-state index contributed by atoms with van der Waals surface area (Å²) >= 11 is 0. The molecule has 0 bridgehead atoms. The Labute approximate surface area is 128 Å². The molecule has 0 aromatic carbocycles. The van der Waals surface area contributed by atoms with E-state index in [9.17, 15) is 0 Å². The zero-order valence-electron chi connectivity index (χ0n) is 13.0. The summed E-state index contributed by atoms with van der Waals surface area (Å²) in [4.78, 5) is 5.53. The Morgan fingerprint density at radius 1 is 1.00 bits per heavy atom. The van der Waals surface area contributed by atoms with Crippen LogP contribution in [0.3, 0.4) is 0 Å². The van der Waals surface area contributed by atoms with Crippen molar-refractivity contribution in [3.63, 3.8) is 0 Å². The van der Waals surface area contributed by atoms with Crippen molar-refractivity contribution in [1.29, 1.82) is 0 Å². The molecule has 1 saturated carbocycles. The van der Waals surface area contributed by atoms with E-state index in [1.165, 1.54) is 64.6 Å². The second-order valence-electron chi connectivity index (χ2n) is 7.18. The van der Waals surface area contributed by atoms with Gasteiger partial charge in [-0.3, -0.25) is 9.80 Å². The Hall–Kier alpha value is -0.800. The number of hydrogen-bond donors (Lipinski definition) is 0. The molecule has 0 amide bonds. The Morgan fingerprint density at radius 2 is 1.90 bits per heavy atom. The predicted molar refractivity (Wildman–Crippen MR) is 84.1 cm³/mol. The number of rotatable bonds is 3. The molecule has 3 heterocycles. The topological polar surface area (TPSA) is 19.6 Å². The average molecular weight is 288 g/mol. The van der Waals surface area contributed by atoms with Crippen LogP contribution >= 0.6 is 0 Å². The molecular weight excluding hydrogens is 260 g/mol. The molecule has 1 aliphatic carbocycles. The number of piperazine rings is 1. The molecule has 21 heavy (non-hydrogen) atoms. The largest absolute Gasteiger partial charge is 0.468 e. The van der Waals surface area contributed by atoms with Gasteiger partial charge in [-0.15, -0.1) is 0 Å². The van der Waals surface area contributed by atoms with E-state index in [0.29, 0.717) is 0 Å². The van der Waals surface area contributed by atoms with Gasteiger partial charge >= 0.3 is 0 Å². The number of fused-ring (bicyclic) bond motifs is 1. The molecule has 2 saturated heterocycles. The highest BCUT2D eigenvalue weighted by atomic mass is 16.3. The van der Waals surface area contributed by atoms with E-state index < -0.39 is 0 Å². The Balaban J connectivity index is 1.54. The van der Waals surface area contributed by atoms with Gasteiger partial charge in [0.2, 0.25) is 0 Å². The first-order chi connectivity index (χ1) is 10.4. The minimum atomic E-state index is 0.770. The number of hydrogen-bond acceptors (Lipinski definition) is 3. The first-order valence-electron chi connectivity index (χ1n) is 8.92. The van der Waals surface area contributed by atoms with Gasteiger partial charge in [0.05, 0.1) is 12.8 Å². The van der Waals surface area contributed by atoms with Crippen molar-refractivity contribution in [2.75, 3.05) is 19.6 Å². The monoisotopic (exact) mass is 288 g/mol. The van der Waals surface area contributed by atoms with Crippen molar-refractivity contribution >= 4 is 0 Å². The lowest BCUT2D eigenvalue weighted by Crippen LogP contribution is -2.59. The van der Waals surface area contributed by atoms with Crippen molar-refractivity contribution in [1.82, 2.24) is 9.80 Å². The molecule has 4 rings (SSSR count). The first-order valence-corrected chi connectivity index (χ1v) is 8.92. The van der Waals surface area contributed by atoms with Crippen LogP contribution in [0.1, 0.15) is 50.7 Å². The smallest absolute Gasteiger partial charge is 0.117 e. The molecule has 1 aromatic heterocycles. The third-order valence-corrected chi connectivity index (χ3v) is 5.98. The standard InChI is InChI=1S/C18H28N2O/c1-2-6-15(7-3-1)18-17-9-4-10-19(17)11-12-20(18)14-16-8-5-13-21-16/h5,8,13,15,17-18H,1-4,6-7,9-12,14H2/t17-,18+/m1/s1. The molecule has 3 fully saturated rings. The van der Waals surface area contributed by atoms with E-state index in [0.717, 1.165) is 30.3 Å². The van der Waals surface area contributed by atoms with Crippen LogP contribution < -0.4 is 0 Å². The molecule has 1 aromatic rings.